The second kappa shape index (κ2) is 5.29. The van der Waals surface area contributed by atoms with E-state index in [2.05, 4.69) is 61.6 Å². The van der Waals surface area contributed by atoms with Crippen LogP contribution in [0.3, 0.4) is 0 Å². The van der Waals surface area contributed by atoms with Gasteiger partial charge >= 0.3 is 0 Å². The fourth-order valence-electron chi connectivity index (χ4n) is 3.01. The first-order chi connectivity index (χ1) is 9.69. The Morgan fingerprint density at radius 1 is 1.10 bits per heavy atom. The smallest absolute Gasteiger partial charge is 0.123 e. The molecule has 2 heteroatoms. The van der Waals surface area contributed by atoms with Crippen LogP contribution in [0.4, 0.5) is 0 Å². The van der Waals surface area contributed by atoms with Gasteiger partial charge in [0.05, 0.1) is 6.04 Å². The van der Waals surface area contributed by atoms with E-state index in [1.807, 2.05) is 7.05 Å². The Morgan fingerprint density at radius 3 is 2.70 bits per heavy atom. The van der Waals surface area contributed by atoms with Crippen LogP contribution in [0.1, 0.15) is 28.3 Å². The lowest BCUT2D eigenvalue weighted by Gasteiger charge is -2.22. The minimum atomic E-state index is 0.165. The van der Waals surface area contributed by atoms with Gasteiger partial charge in [-0.1, -0.05) is 36.4 Å². The van der Waals surface area contributed by atoms with Gasteiger partial charge in [-0.15, -0.1) is 0 Å². The van der Waals surface area contributed by atoms with Crippen molar-refractivity contribution in [3.63, 3.8) is 0 Å². The zero-order chi connectivity index (χ0) is 14.1. The van der Waals surface area contributed by atoms with Gasteiger partial charge in [0.15, 0.2) is 0 Å². The van der Waals surface area contributed by atoms with Crippen molar-refractivity contribution in [2.24, 2.45) is 0 Å². The molecule has 1 aliphatic rings. The Labute approximate surface area is 120 Å². The number of likely N-dealkylation sites (N-methyl/N-ethyl adjacent to an activating group) is 1. The van der Waals surface area contributed by atoms with Crippen molar-refractivity contribution in [3.8, 4) is 5.75 Å². The van der Waals surface area contributed by atoms with Crippen LogP contribution in [0, 0.1) is 13.8 Å². The second-order valence-electron chi connectivity index (χ2n) is 5.59. The Hall–Kier alpha value is -1.80. The molecule has 0 amide bonds. The maximum Gasteiger partial charge on any atom is 0.123 e. The Bertz CT molecular complexity index is 621. The fraction of sp³-hybridized carbons (Fsp3) is 0.333. The fourth-order valence-corrected chi connectivity index (χ4v) is 3.01. The van der Waals surface area contributed by atoms with Crippen LogP contribution < -0.4 is 10.1 Å². The third kappa shape index (κ3) is 2.32. The maximum absolute atomic E-state index is 6.31. The summed E-state index contributed by atoms with van der Waals surface area (Å²) >= 11 is 0. The van der Waals surface area contributed by atoms with Gasteiger partial charge in [-0.2, -0.15) is 0 Å². The predicted molar refractivity (Wildman–Crippen MR) is 82.3 cm³/mol. The van der Waals surface area contributed by atoms with Crippen LogP contribution in [0.25, 0.3) is 0 Å². The van der Waals surface area contributed by atoms with Gasteiger partial charge in [-0.3, -0.25) is 0 Å². The van der Waals surface area contributed by atoms with Crippen LogP contribution in [-0.2, 0) is 6.42 Å². The zero-order valence-corrected chi connectivity index (χ0v) is 12.3. The van der Waals surface area contributed by atoms with Crippen LogP contribution in [0.2, 0.25) is 0 Å². The zero-order valence-electron chi connectivity index (χ0n) is 12.3. The normalized spacial score (nSPS) is 20.8. The molecule has 1 N–H and O–H groups in total. The van der Waals surface area contributed by atoms with Crippen LogP contribution in [0.5, 0.6) is 5.75 Å². The predicted octanol–water partition coefficient (Wildman–Crippen LogP) is 3.57. The maximum atomic E-state index is 6.31. The van der Waals surface area contributed by atoms with Gasteiger partial charge in [0.25, 0.3) is 0 Å². The molecule has 0 saturated heterocycles. The molecule has 20 heavy (non-hydrogen) atoms. The van der Waals surface area contributed by atoms with E-state index >= 15 is 0 Å². The molecule has 0 aliphatic heterocycles. The molecule has 2 aromatic carbocycles. The summed E-state index contributed by atoms with van der Waals surface area (Å²) in [5.74, 6) is 1.00. The van der Waals surface area contributed by atoms with Crippen molar-refractivity contribution in [1.29, 1.82) is 0 Å². The van der Waals surface area contributed by atoms with Gasteiger partial charge in [-0.05, 0) is 49.2 Å². The molecule has 2 nitrogen and oxygen atoms in total. The largest absolute Gasteiger partial charge is 0.488 e. The van der Waals surface area contributed by atoms with Crippen molar-refractivity contribution in [1.82, 2.24) is 5.32 Å². The van der Waals surface area contributed by atoms with Crippen LogP contribution in [0.15, 0.2) is 42.5 Å². The van der Waals surface area contributed by atoms with Gasteiger partial charge in [0.2, 0.25) is 0 Å². The van der Waals surface area contributed by atoms with Gasteiger partial charge in [0.1, 0.15) is 11.9 Å². The molecular formula is C18H21NO. The van der Waals surface area contributed by atoms with Crippen LogP contribution in [-0.4, -0.2) is 13.2 Å². The average Bonchev–Trinajstić information content (AvgIpc) is 2.80. The van der Waals surface area contributed by atoms with E-state index in [0.717, 1.165) is 12.2 Å². The SMILES string of the molecule is CNC1c2ccccc2CC1Oc1cc(C)ccc1C. The number of fused-ring (bicyclic) bond motifs is 1. The standard InChI is InChI=1S/C18H21NO/c1-12-8-9-13(2)16(10-12)20-17-11-14-6-4-5-7-15(14)18(17)19-3/h4-10,17-19H,11H2,1-3H3. The van der Waals surface area contributed by atoms with Crippen molar-refractivity contribution < 1.29 is 4.74 Å². The van der Waals surface area contributed by atoms with E-state index in [9.17, 15) is 0 Å². The molecule has 2 unspecified atom stereocenters. The van der Waals surface area contributed by atoms with E-state index in [1.54, 1.807) is 0 Å². The molecule has 0 spiro atoms. The first kappa shape index (κ1) is 13.2. The summed E-state index contributed by atoms with van der Waals surface area (Å²) in [6, 6.07) is 15.3. The molecule has 0 heterocycles. The quantitative estimate of drug-likeness (QED) is 0.918. The number of hydrogen-bond acceptors (Lipinski definition) is 2. The minimum Gasteiger partial charge on any atom is -0.488 e. The topological polar surface area (TPSA) is 21.3 Å². The van der Waals surface area contributed by atoms with Crippen LogP contribution >= 0.6 is 0 Å². The number of hydrogen-bond donors (Lipinski definition) is 1. The molecule has 2 atom stereocenters. The molecule has 0 radical (unpaired) electrons. The summed E-state index contributed by atoms with van der Waals surface area (Å²) in [4.78, 5) is 0. The number of benzene rings is 2. The molecule has 0 aromatic heterocycles. The summed E-state index contributed by atoms with van der Waals surface area (Å²) < 4.78 is 6.31. The number of nitrogens with one attached hydrogen (secondary N) is 1. The molecule has 3 rings (SSSR count). The molecule has 2 aromatic rings. The third-order valence-corrected chi connectivity index (χ3v) is 4.12. The monoisotopic (exact) mass is 267 g/mol. The van der Waals surface area contributed by atoms with Gasteiger partial charge in [-0.25, -0.2) is 0 Å². The highest BCUT2D eigenvalue weighted by atomic mass is 16.5. The lowest BCUT2D eigenvalue weighted by molar-refractivity contribution is 0.170. The highest BCUT2D eigenvalue weighted by Crippen LogP contribution is 2.34. The summed E-state index contributed by atoms with van der Waals surface area (Å²) in [7, 11) is 2.01. The molecular weight excluding hydrogens is 246 g/mol. The summed E-state index contributed by atoms with van der Waals surface area (Å²) in [5, 5.41) is 3.40. The molecule has 104 valence electrons. The lowest BCUT2D eigenvalue weighted by Crippen LogP contribution is -2.30. The van der Waals surface area contributed by atoms with Gasteiger partial charge in [0, 0.05) is 6.42 Å². The molecule has 0 saturated carbocycles. The minimum absolute atomic E-state index is 0.165. The average molecular weight is 267 g/mol. The Balaban J connectivity index is 1.87. The first-order valence-corrected chi connectivity index (χ1v) is 7.18. The lowest BCUT2D eigenvalue weighted by atomic mass is 10.1. The van der Waals surface area contributed by atoms with Crippen molar-refractivity contribution >= 4 is 0 Å². The Kier molecular flexibility index (Phi) is 3.49. The summed E-state index contributed by atoms with van der Waals surface area (Å²) in [5.41, 5.74) is 5.19. The number of rotatable bonds is 3. The molecule has 1 aliphatic carbocycles. The van der Waals surface area contributed by atoms with E-state index in [-0.39, 0.29) is 12.1 Å². The number of ether oxygens (including phenoxy) is 1. The van der Waals surface area contributed by atoms with E-state index in [1.165, 1.54) is 22.3 Å². The Morgan fingerprint density at radius 2 is 1.90 bits per heavy atom. The first-order valence-electron chi connectivity index (χ1n) is 7.18. The van der Waals surface area contributed by atoms with Crippen molar-refractivity contribution in [3.05, 3.63) is 64.7 Å². The van der Waals surface area contributed by atoms with Gasteiger partial charge < -0.3 is 10.1 Å². The second-order valence-corrected chi connectivity index (χ2v) is 5.59. The van der Waals surface area contributed by atoms with Crippen molar-refractivity contribution in [2.75, 3.05) is 7.05 Å². The highest BCUT2D eigenvalue weighted by molar-refractivity contribution is 5.40. The van der Waals surface area contributed by atoms with E-state index < -0.39 is 0 Å². The molecule has 0 bridgehead atoms. The number of aryl methyl sites for hydroxylation is 2. The summed E-state index contributed by atoms with van der Waals surface area (Å²) in [6.07, 6.45) is 1.13. The summed E-state index contributed by atoms with van der Waals surface area (Å²) in [6.45, 7) is 4.20. The third-order valence-electron chi connectivity index (χ3n) is 4.12. The van der Waals surface area contributed by atoms with E-state index in [0.29, 0.717) is 0 Å². The highest BCUT2D eigenvalue weighted by Gasteiger charge is 2.32. The van der Waals surface area contributed by atoms with Crippen molar-refractivity contribution in [2.45, 2.75) is 32.4 Å². The molecule has 0 fully saturated rings. The van der Waals surface area contributed by atoms with E-state index in [4.69, 9.17) is 4.74 Å².